The van der Waals surface area contributed by atoms with E-state index >= 15 is 0 Å². The summed E-state index contributed by atoms with van der Waals surface area (Å²) in [5.41, 5.74) is 2.94. The SMILES string of the molecule is Cc1ccc(N2CCN(C(=O)Cc3ccc(C(C)C)nc3)C[C@H]2C)nn1. The lowest BCUT2D eigenvalue weighted by molar-refractivity contribution is -0.131. The summed E-state index contributed by atoms with van der Waals surface area (Å²) in [6.07, 6.45) is 2.23. The van der Waals surface area contributed by atoms with Crippen molar-refractivity contribution in [3.8, 4) is 0 Å². The van der Waals surface area contributed by atoms with E-state index in [-0.39, 0.29) is 11.9 Å². The number of aryl methyl sites for hydroxylation is 1. The summed E-state index contributed by atoms with van der Waals surface area (Å²) in [6, 6.07) is 8.22. The molecule has 0 radical (unpaired) electrons. The van der Waals surface area contributed by atoms with Gasteiger partial charge in [-0.2, -0.15) is 5.10 Å². The first-order chi connectivity index (χ1) is 12.4. The van der Waals surface area contributed by atoms with Crippen LogP contribution in [0.4, 0.5) is 5.82 Å². The Labute approximate surface area is 155 Å². The maximum absolute atomic E-state index is 12.7. The normalized spacial score (nSPS) is 17.7. The van der Waals surface area contributed by atoms with Crippen molar-refractivity contribution in [3.63, 3.8) is 0 Å². The standard InChI is InChI=1S/C20H27N5O/c1-14(2)18-7-6-17(12-21-18)11-20(26)24-9-10-25(16(4)13-24)19-8-5-15(3)22-23-19/h5-8,12,14,16H,9-11,13H2,1-4H3/t16-/m1/s1. The van der Waals surface area contributed by atoms with Gasteiger partial charge in [0.15, 0.2) is 5.82 Å². The van der Waals surface area contributed by atoms with Gasteiger partial charge in [0.05, 0.1) is 12.1 Å². The van der Waals surface area contributed by atoms with Gasteiger partial charge in [-0.3, -0.25) is 9.78 Å². The van der Waals surface area contributed by atoms with Crippen LogP contribution in [0.3, 0.4) is 0 Å². The van der Waals surface area contributed by atoms with Gasteiger partial charge in [0.2, 0.25) is 5.91 Å². The fraction of sp³-hybridized carbons (Fsp3) is 0.500. The highest BCUT2D eigenvalue weighted by Crippen LogP contribution is 2.19. The van der Waals surface area contributed by atoms with E-state index in [1.54, 1.807) is 0 Å². The minimum Gasteiger partial charge on any atom is -0.349 e. The maximum atomic E-state index is 12.7. The van der Waals surface area contributed by atoms with Gasteiger partial charge in [-0.05, 0) is 43.5 Å². The molecule has 0 spiro atoms. The van der Waals surface area contributed by atoms with Crippen molar-refractivity contribution < 1.29 is 4.79 Å². The summed E-state index contributed by atoms with van der Waals surface area (Å²) in [4.78, 5) is 21.3. The summed E-state index contributed by atoms with van der Waals surface area (Å²) in [5.74, 6) is 1.44. The molecule has 3 rings (SSSR count). The number of amides is 1. The van der Waals surface area contributed by atoms with E-state index in [2.05, 4.69) is 40.9 Å². The van der Waals surface area contributed by atoms with Crippen LogP contribution >= 0.6 is 0 Å². The van der Waals surface area contributed by atoms with Crippen LogP contribution in [-0.2, 0) is 11.2 Å². The van der Waals surface area contributed by atoms with Crippen LogP contribution in [0, 0.1) is 6.92 Å². The van der Waals surface area contributed by atoms with Gasteiger partial charge >= 0.3 is 0 Å². The first-order valence-corrected chi connectivity index (χ1v) is 9.23. The Morgan fingerprint density at radius 2 is 2.00 bits per heavy atom. The second-order valence-electron chi connectivity index (χ2n) is 7.34. The molecule has 6 heteroatoms. The van der Waals surface area contributed by atoms with Crippen molar-refractivity contribution >= 4 is 11.7 Å². The van der Waals surface area contributed by atoms with Gasteiger partial charge < -0.3 is 9.80 Å². The Hall–Kier alpha value is -2.50. The summed E-state index contributed by atoms with van der Waals surface area (Å²) in [6.45, 7) is 10.5. The Bertz CT molecular complexity index is 742. The summed E-state index contributed by atoms with van der Waals surface area (Å²) in [7, 11) is 0. The number of aromatic nitrogens is 3. The molecule has 0 bridgehead atoms. The van der Waals surface area contributed by atoms with E-state index in [0.29, 0.717) is 25.4 Å². The van der Waals surface area contributed by atoms with Crippen molar-refractivity contribution in [3.05, 3.63) is 47.4 Å². The van der Waals surface area contributed by atoms with Crippen molar-refractivity contribution in [1.82, 2.24) is 20.1 Å². The molecule has 1 aliphatic rings. The third-order valence-corrected chi connectivity index (χ3v) is 4.85. The van der Waals surface area contributed by atoms with Crippen LogP contribution in [0.15, 0.2) is 30.5 Å². The molecule has 138 valence electrons. The minimum absolute atomic E-state index is 0.158. The number of carbonyl (C=O) groups excluding carboxylic acids is 1. The van der Waals surface area contributed by atoms with Crippen LogP contribution in [0.1, 0.15) is 43.6 Å². The molecule has 6 nitrogen and oxygen atoms in total. The lowest BCUT2D eigenvalue weighted by atomic mass is 10.1. The molecule has 2 aromatic heterocycles. The monoisotopic (exact) mass is 353 g/mol. The average molecular weight is 353 g/mol. The number of hydrogen-bond donors (Lipinski definition) is 0. The quantitative estimate of drug-likeness (QED) is 0.845. The molecule has 0 aromatic carbocycles. The lowest BCUT2D eigenvalue weighted by Gasteiger charge is -2.40. The van der Waals surface area contributed by atoms with Gasteiger partial charge in [-0.15, -0.1) is 5.10 Å². The summed E-state index contributed by atoms with van der Waals surface area (Å²) in [5, 5.41) is 8.42. The van der Waals surface area contributed by atoms with Gasteiger partial charge in [0, 0.05) is 37.6 Å². The van der Waals surface area contributed by atoms with Crippen molar-refractivity contribution in [2.75, 3.05) is 24.5 Å². The predicted molar refractivity (Wildman–Crippen MR) is 102 cm³/mol. The van der Waals surface area contributed by atoms with Gasteiger partial charge in [-0.25, -0.2) is 0 Å². The second kappa shape index (κ2) is 7.81. The topological polar surface area (TPSA) is 62.2 Å². The highest BCUT2D eigenvalue weighted by Gasteiger charge is 2.27. The van der Waals surface area contributed by atoms with E-state index in [4.69, 9.17) is 0 Å². The Morgan fingerprint density at radius 1 is 1.19 bits per heavy atom. The zero-order chi connectivity index (χ0) is 18.7. The van der Waals surface area contributed by atoms with Crippen molar-refractivity contribution in [2.45, 2.75) is 46.1 Å². The number of rotatable bonds is 4. The van der Waals surface area contributed by atoms with Crippen LogP contribution in [0.25, 0.3) is 0 Å². The van der Waals surface area contributed by atoms with E-state index in [1.807, 2.05) is 42.3 Å². The molecule has 1 aliphatic heterocycles. The molecule has 3 heterocycles. The highest BCUT2D eigenvalue weighted by atomic mass is 16.2. The molecule has 0 unspecified atom stereocenters. The van der Waals surface area contributed by atoms with Crippen LogP contribution in [0.2, 0.25) is 0 Å². The highest BCUT2D eigenvalue weighted by molar-refractivity contribution is 5.79. The lowest BCUT2D eigenvalue weighted by Crippen LogP contribution is -2.54. The third kappa shape index (κ3) is 4.18. The number of pyridine rings is 1. The second-order valence-corrected chi connectivity index (χ2v) is 7.34. The minimum atomic E-state index is 0.158. The molecule has 1 fully saturated rings. The summed E-state index contributed by atoms with van der Waals surface area (Å²) >= 11 is 0. The fourth-order valence-corrected chi connectivity index (χ4v) is 3.24. The number of piperazine rings is 1. The molecule has 0 N–H and O–H groups in total. The first-order valence-electron chi connectivity index (χ1n) is 9.23. The zero-order valence-corrected chi connectivity index (χ0v) is 16.0. The number of nitrogens with zero attached hydrogens (tertiary/aromatic N) is 5. The smallest absolute Gasteiger partial charge is 0.227 e. The molecule has 0 aliphatic carbocycles. The number of anilines is 1. The Balaban J connectivity index is 1.59. The number of carbonyl (C=O) groups is 1. The maximum Gasteiger partial charge on any atom is 0.227 e. The predicted octanol–water partition coefficient (Wildman–Crippen LogP) is 2.58. The van der Waals surface area contributed by atoms with E-state index in [0.717, 1.165) is 29.3 Å². The molecular formula is C20H27N5O. The van der Waals surface area contributed by atoms with Gasteiger partial charge in [0.1, 0.15) is 0 Å². The molecule has 2 aromatic rings. The molecular weight excluding hydrogens is 326 g/mol. The van der Waals surface area contributed by atoms with Crippen molar-refractivity contribution in [1.29, 1.82) is 0 Å². The molecule has 1 saturated heterocycles. The van der Waals surface area contributed by atoms with Crippen LogP contribution < -0.4 is 4.90 Å². The molecule has 0 saturated carbocycles. The Morgan fingerprint density at radius 3 is 2.58 bits per heavy atom. The number of hydrogen-bond acceptors (Lipinski definition) is 5. The first kappa shape index (κ1) is 18.3. The molecule has 26 heavy (non-hydrogen) atoms. The Kier molecular flexibility index (Phi) is 5.49. The third-order valence-electron chi connectivity index (χ3n) is 4.85. The van der Waals surface area contributed by atoms with Crippen LogP contribution in [-0.4, -0.2) is 51.7 Å². The van der Waals surface area contributed by atoms with Crippen molar-refractivity contribution in [2.24, 2.45) is 0 Å². The van der Waals surface area contributed by atoms with E-state index in [1.165, 1.54) is 0 Å². The summed E-state index contributed by atoms with van der Waals surface area (Å²) < 4.78 is 0. The van der Waals surface area contributed by atoms with Gasteiger partial charge in [-0.1, -0.05) is 19.9 Å². The molecule has 1 atom stereocenters. The van der Waals surface area contributed by atoms with Gasteiger partial charge in [0.25, 0.3) is 0 Å². The average Bonchev–Trinajstić information content (AvgIpc) is 2.63. The molecule has 1 amide bonds. The van der Waals surface area contributed by atoms with Crippen LogP contribution in [0.5, 0.6) is 0 Å². The zero-order valence-electron chi connectivity index (χ0n) is 16.0. The van der Waals surface area contributed by atoms with E-state index in [9.17, 15) is 4.79 Å². The largest absolute Gasteiger partial charge is 0.349 e. The fourth-order valence-electron chi connectivity index (χ4n) is 3.24. The van der Waals surface area contributed by atoms with E-state index < -0.39 is 0 Å².